The number of hydrogen-bond donors (Lipinski definition) is 3. The van der Waals surface area contributed by atoms with Crippen LogP contribution in [0, 0.1) is 5.92 Å². The van der Waals surface area contributed by atoms with E-state index in [-0.39, 0.29) is 12.4 Å². The Morgan fingerprint density at radius 2 is 2.04 bits per heavy atom. The van der Waals surface area contributed by atoms with E-state index in [0.29, 0.717) is 18.5 Å². The van der Waals surface area contributed by atoms with Gasteiger partial charge in [0.2, 0.25) is 15.9 Å². The van der Waals surface area contributed by atoms with Gasteiger partial charge in [0.25, 0.3) is 0 Å². The maximum Gasteiger partial charge on any atom is 0.416 e. The molecule has 1 fully saturated rings. The number of alkyl halides is 3. The van der Waals surface area contributed by atoms with Gasteiger partial charge in [0.05, 0.1) is 17.0 Å². The van der Waals surface area contributed by atoms with Crippen LogP contribution in [-0.4, -0.2) is 40.5 Å². The third kappa shape index (κ3) is 7.65. The van der Waals surface area contributed by atoms with E-state index >= 15 is 0 Å². The van der Waals surface area contributed by atoms with E-state index in [1.165, 1.54) is 0 Å². The number of carbonyl (C=O) groups is 1. The number of rotatable bonds is 7. The molecule has 1 unspecified atom stereocenters. The summed E-state index contributed by atoms with van der Waals surface area (Å²) in [7, 11) is -4.20. The highest BCUT2D eigenvalue weighted by atomic mass is 35.5. The number of halogens is 4. The molecule has 11 heteroatoms. The van der Waals surface area contributed by atoms with Gasteiger partial charge in [0, 0.05) is 6.54 Å². The first kappa shape index (κ1) is 23.7. The Bertz CT molecular complexity index is 723. The monoisotopic (exact) mass is 429 g/mol. The molecule has 1 aliphatic rings. The zero-order valence-corrected chi connectivity index (χ0v) is 16.1. The predicted octanol–water partition coefficient (Wildman–Crippen LogP) is 1.91. The first-order valence-corrected chi connectivity index (χ1v) is 9.81. The van der Waals surface area contributed by atoms with Crippen molar-refractivity contribution in [3.8, 4) is 0 Å². The fourth-order valence-corrected chi connectivity index (χ4v) is 3.76. The Labute approximate surface area is 162 Å². The molecule has 0 spiro atoms. The summed E-state index contributed by atoms with van der Waals surface area (Å²) in [6.07, 6.45) is -1.67. The number of amides is 1. The van der Waals surface area contributed by atoms with Gasteiger partial charge >= 0.3 is 6.18 Å². The molecular weight excluding hydrogens is 407 g/mol. The number of sulfonamides is 1. The fraction of sp³-hybridized carbons (Fsp3) is 0.562. The van der Waals surface area contributed by atoms with E-state index in [1.54, 1.807) is 0 Å². The Hall–Kier alpha value is -1.36. The maximum absolute atomic E-state index is 12.7. The van der Waals surface area contributed by atoms with Gasteiger partial charge in [-0.05, 0) is 56.5 Å². The quantitative estimate of drug-likeness (QED) is 0.618. The second-order valence-electron chi connectivity index (χ2n) is 6.20. The highest BCUT2D eigenvalue weighted by Gasteiger charge is 2.31. The SMILES string of the molecule is Cl.O=C(CNS(=O)(=O)c1cccc(C(F)(F)F)c1)NCCC1CCCNC1. The molecule has 1 aromatic rings. The fourth-order valence-electron chi connectivity index (χ4n) is 2.73. The molecule has 3 N–H and O–H groups in total. The van der Waals surface area contributed by atoms with Crippen molar-refractivity contribution >= 4 is 28.3 Å². The van der Waals surface area contributed by atoms with Crippen LogP contribution in [0.4, 0.5) is 13.2 Å². The molecule has 0 aromatic heterocycles. The molecule has 1 aliphatic heterocycles. The lowest BCUT2D eigenvalue weighted by molar-refractivity contribution is -0.137. The Balaban J connectivity index is 0.00000364. The Morgan fingerprint density at radius 3 is 2.67 bits per heavy atom. The summed E-state index contributed by atoms with van der Waals surface area (Å²) in [6.45, 7) is 1.80. The second kappa shape index (κ2) is 10.3. The first-order chi connectivity index (χ1) is 12.2. The van der Waals surface area contributed by atoms with Gasteiger partial charge in [-0.15, -0.1) is 12.4 Å². The average Bonchev–Trinajstić information content (AvgIpc) is 2.60. The molecule has 0 aliphatic carbocycles. The molecular formula is C16H23ClF3N3O3S. The molecule has 0 saturated carbocycles. The van der Waals surface area contributed by atoms with Gasteiger partial charge in [-0.1, -0.05) is 6.07 Å². The zero-order valence-electron chi connectivity index (χ0n) is 14.5. The lowest BCUT2D eigenvalue weighted by Gasteiger charge is -2.22. The number of carbonyl (C=O) groups excluding carboxylic acids is 1. The van der Waals surface area contributed by atoms with Crippen LogP contribution in [-0.2, 0) is 21.0 Å². The van der Waals surface area contributed by atoms with Crippen LogP contribution in [0.2, 0.25) is 0 Å². The molecule has 154 valence electrons. The molecule has 1 aromatic carbocycles. The summed E-state index contributed by atoms with van der Waals surface area (Å²) in [5, 5.41) is 5.88. The van der Waals surface area contributed by atoms with Gasteiger partial charge < -0.3 is 10.6 Å². The molecule has 1 saturated heterocycles. The number of piperidine rings is 1. The Morgan fingerprint density at radius 1 is 1.30 bits per heavy atom. The van der Waals surface area contributed by atoms with Crippen molar-refractivity contribution in [3.63, 3.8) is 0 Å². The second-order valence-corrected chi connectivity index (χ2v) is 7.97. The molecule has 6 nitrogen and oxygen atoms in total. The summed E-state index contributed by atoms with van der Waals surface area (Å²) in [6, 6.07) is 3.38. The predicted molar refractivity (Wildman–Crippen MR) is 97.1 cm³/mol. The van der Waals surface area contributed by atoms with E-state index in [0.717, 1.165) is 50.6 Å². The summed E-state index contributed by atoms with van der Waals surface area (Å²) in [4.78, 5) is 11.2. The van der Waals surface area contributed by atoms with E-state index in [9.17, 15) is 26.4 Å². The van der Waals surface area contributed by atoms with E-state index < -0.39 is 39.1 Å². The lowest BCUT2D eigenvalue weighted by atomic mass is 9.96. The minimum absolute atomic E-state index is 0. The summed E-state index contributed by atoms with van der Waals surface area (Å²) >= 11 is 0. The van der Waals surface area contributed by atoms with Gasteiger partial charge in [0.1, 0.15) is 0 Å². The van der Waals surface area contributed by atoms with Crippen LogP contribution in [0.25, 0.3) is 0 Å². The van der Waals surface area contributed by atoms with Gasteiger partial charge in [0.15, 0.2) is 0 Å². The van der Waals surface area contributed by atoms with Crippen molar-refractivity contribution in [2.24, 2.45) is 5.92 Å². The number of nitrogens with one attached hydrogen (secondary N) is 3. The molecule has 27 heavy (non-hydrogen) atoms. The van der Waals surface area contributed by atoms with Crippen LogP contribution in [0.3, 0.4) is 0 Å². The summed E-state index contributed by atoms with van der Waals surface area (Å²) < 4.78 is 64.2. The van der Waals surface area contributed by atoms with Crippen molar-refractivity contribution in [3.05, 3.63) is 29.8 Å². The third-order valence-corrected chi connectivity index (χ3v) is 5.57. The topological polar surface area (TPSA) is 87.3 Å². The molecule has 2 rings (SSSR count). The molecule has 1 atom stereocenters. The molecule has 0 bridgehead atoms. The normalized spacial score (nSPS) is 17.8. The average molecular weight is 430 g/mol. The molecule has 0 radical (unpaired) electrons. The number of benzene rings is 1. The van der Waals surface area contributed by atoms with Crippen molar-refractivity contribution in [2.45, 2.75) is 30.3 Å². The van der Waals surface area contributed by atoms with E-state index in [2.05, 4.69) is 10.6 Å². The minimum atomic E-state index is -4.64. The van der Waals surface area contributed by atoms with E-state index in [1.807, 2.05) is 4.72 Å². The highest BCUT2D eigenvalue weighted by molar-refractivity contribution is 7.89. The standard InChI is InChI=1S/C16H22F3N3O3S.ClH/c17-16(18,19)13-4-1-5-14(9-13)26(24,25)22-11-15(23)21-8-6-12-3-2-7-20-10-12;/h1,4-5,9,12,20,22H,2-3,6-8,10-11H2,(H,21,23);1H. The highest BCUT2D eigenvalue weighted by Crippen LogP contribution is 2.30. The number of hydrogen-bond acceptors (Lipinski definition) is 4. The smallest absolute Gasteiger partial charge is 0.355 e. The van der Waals surface area contributed by atoms with Crippen LogP contribution in [0.1, 0.15) is 24.8 Å². The van der Waals surface area contributed by atoms with Crippen molar-refractivity contribution < 1.29 is 26.4 Å². The summed E-state index contributed by atoms with van der Waals surface area (Å²) in [5.41, 5.74) is -1.06. The summed E-state index contributed by atoms with van der Waals surface area (Å²) in [5.74, 6) is -0.0461. The van der Waals surface area contributed by atoms with Crippen LogP contribution in [0.5, 0.6) is 0 Å². The first-order valence-electron chi connectivity index (χ1n) is 8.33. The van der Waals surface area contributed by atoms with Gasteiger partial charge in [-0.25, -0.2) is 13.1 Å². The van der Waals surface area contributed by atoms with Crippen molar-refractivity contribution in [1.29, 1.82) is 0 Å². The maximum atomic E-state index is 12.7. The zero-order chi connectivity index (χ0) is 19.2. The van der Waals surface area contributed by atoms with Crippen LogP contribution in [0.15, 0.2) is 29.2 Å². The lowest BCUT2D eigenvalue weighted by Crippen LogP contribution is -2.38. The van der Waals surface area contributed by atoms with Crippen molar-refractivity contribution in [1.82, 2.24) is 15.4 Å². The third-order valence-electron chi connectivity index (χ3n) is 4.17. The van der Waals surface area contributed by atoms with Crippen LogP contribution < -0.4 is 15.4 Å². The van der Waals surface area contributed by atoms with Gasteiger partial charge in [-0.2, -0.15) is 13.2 Å². The van der Waals surface area contributed by atoms with E-state index in [4.69, 9.17) is 0 Å². The molecule has 1 heterocycles. The van der Waals surface area contributed by atoms with Crippen molar-refractivity contribution in [2.75, 3.05) is 26.2 Å². The largest absolute Gasteiger partial charge is 0.416 e. The Kier molecular flexibility index (Phi) is 9.00. The molecule has 1 amide bonds. The van der Waals surface area contributed by atoms with Gasteiger partial charge in [-0.3, -0.25) is 4.79 Å². The minimum Gasteiger partial charge on any atom is -0.355 e. The van der Waals surface area contributed by atoms with Crippen LogP contribution >= 0.6 is 12.4 Å².